The van der Waals surface area contributed by atoms with E-state index in [9.17, 15) is 19.5 Å². The molecule has 35 heavy (non-hydrogen) atoms. The van der Waals surface area contributed by atoms with Gasteiger partial charge in [0.15, 0.2) is 0 Å². The van der Waals surface area contributed by atoms with Crippen molar-refractivity contribution in [1.29, 1.82) is 0 Å². The van der Waals surface area contributed by atoms with E-state index in [-0.39, 0.29) is 36.5 Å². The van der Waals surface area contributed by atoms with Crippen LogP contribution in [0.1, 0.15) is 34.1 Å². The Morgan fingerprint density at radius 3 is 2.40 bits per heavy atom. The van der Waals surface area contributed by atoms with Gasteiger partial charge in [-0.25, -0.2) is 9.18 Å². The van der Waals surface area contributed by atoms with Crippen LogP contribution in [0.25, 0.3) is 0 Å². The third kappa shape index (κ3) is 5.28. The van der Waals surface area contributed by atoms with Crippen LogP contribution < -0.4 is 9.80 Å². The Morgan fingerprint density at radius 1 is 1.14 bits per heavy atom. The molecule has 1 saturated heterocycles. The molecular formula is C25H28FN3O6. The van der Waals surface area contributed by atoms with E-state index < -0.39 is 29.8 Å². The van der Waals surface area contributed by atoms with E-state index in [0.29, 0.717) is 38.4 Å². The first-order chi connectivity index (χ1) is 16.9. The van der Waals surface area contributed by atoms with Gasteiger partial charge in [-0.1, -0.05) is 19.1 Å². The molecule has 0 radical (unpaired) electrons. The Hall–Kier alpha value is -3.50. The molecule has 0 spiro atoms. The summed E-state index contributed by atoms with van der Waals surface area (Å²) in [6.07, 6.45) is -1.46. The molecule has 9 nitrogen and oxygen atoms in total. The molecular weight excluding hydrogens is 457 g/mol. The first-order valence-electron chi connectivity index (χ1n) is 11.6. The molecule has 0 unspecified atom stereocenters. The molecule has 0 aliphatic carbocycles. The molecule has 0 aromatic heterocycles. The number of hydrogen-bond acceptors (Lipinski definition) is 7. The lowest BCUT2D eigenvalue weighted by atomic mass is 10.1. The number of ether oxygens (including phenoxy) is 2. The number of benzene rings is 2. The summed E-state index contributed by atoms with van der Waals surface area (Å²) >= 11 is 0. The number of rotatable bonds is 8. The van der Waals surface area contributed by atoms with E-state index in [1.807, 2.05) is 11.8 Å². The summed E-state index contributed by atoms with van der Waals surface area (Å²) in [6, 6.07) is 10.8. The van der Waals surface area contributed by atoms with Crippen molar-refractivity contribution in [2.24, 2.45) is 0 Å². The molecule has 1 N–H and O–H groups in total. The highest BCUT2D eigenvalue weighted by Gasteiger charge is 2.37. The number of morpholine rings is 1. The van der Waals surface area contributed by atoms with Gasteiger partial charge in [-0.3, -0.25) is 19.4 Å². The van der Waals surface area contributed by atoms with Gasteiger partial charge in [0.05, 0.1) is 61.5 Å². The minimum absolute atomic E-state index is 0.151. The number of fused-ring (bicyclic) bond motifs is 1. The van der Waals surface area contributed by atoms with Crippen LogP contribution in [0.5, 0.6) is 0 Å². The zero-order valence-electron chi connectivity index (χ0n) is 19.5. The Kier molecular flexibility index (Phi) is 7.62. The van der Waals surface area contributed by atoms with E-state index >= 15 is 4.39 Å². The number of hydrogen-bond donors (Lipinski definition) is 1. The fourth-order valence-corrected chi connectivity index (χ4v) is 4.16. The first-order valence-corrected chi connectivity index (χ1v) is 11.6. The fraction of sp³-hybridized carbons (Fsp3) is 0.400. The number of carbonyl (C=O) groups is 3. The second-order valence-electron chi connectivity index (χ2n) is 8.38. The van der Waals surface area contributed by atoms with E-state index in [2.05, 4.69) is 0 Å². The molecule has 0 bridgehead atoms. The summed E-state index contributed by atoms with van der Waals surface area (Å²) < 4.78 is 25.6. The van der Waals surface area contributed by atoms with Gasteiger partial charge in [0.1, 0.15) is 5.82 Å². The monoisotopic (exact) mass is 485 g/mol. The average Bonchev–Trinajstić information content (AvgIpc) is 3.11. The number of nitrogens with zero attached hydrogens (tertiary/aromatic N) is 3. The molecule has 4 rings (SSSR count). The van der Waals surface area contributed by atoms with Crippen LogP contribution in [-0.2, 0) is 9.47 Å². The molecule has 2 aliphatic heterocycles. The Labute approximate surface area is 202 Å². The number of imide groups is 1. The number of halogens is 1. The highest BCUT2D eigenvalue weighted by Crippen LogP contribution is 2.27. The second-order valence-corrected chi connectivity index (χ2v) is 8.38. The van der Waals surface area contributed by atoms with Crippen molar-refractivity contribution in [3.05, 3.63) is 59.4 Å². The lowest BCUT2D eigenvalue weighted by Gasteiger charge is -2.30. The zero-order valence-corrected chi connectivity index (χ0v) is 19.5. The third-order valence-electron chi connectivity index (χ3n) is 5.91. The van der Waals surface area contributed by atoms with Gasteiger partial charge in [0.25, 0.3) is 11.8 Å². The maximum atomic E-state index is 15.0. The van der Waals surface area contributed by atoms with Crippen LogP contribution in [-0.4, -0.2) is 80.0 Å². The van der Waals surface area contributed by atoms with Gasteiger partial charge in [-0.05, 0) is 36.8 Å². The average molecular weight is 486 g/mol. The SMILES string of the molecule is CCCOC(=O)N(C[C@H](O)CN1C(=O)c2ccccc2C1=O)c1ccc(N2CCOCC2)c(F)c1. The van der Waals surface area contributed by atoms with Gasteiger partial charge >= 0.3 is 6.09 Å². The normalized spacial score (nSPS) is 16.3. The molecule has 2 aliphatic rings. The summed E-state index contributed by atoms with van der Waals surface area (Å²) in [4.78, 5) is 42.0. The number of amides is 3. The summed E-state index contributed by atoms with van der Waals surface area (Å²) in [5.41, 5.74) is 1.13. The van der Waals surface area contributed by atoms with Gasteiger partial charge in [-0.15, -0.1) is 0 Å². The highest BCUT2D eigenvalue weighted by molar-refractivity contribution is 6.21. The predicted octanol–water partition coefficient (Wildman–Crippen LogP) is 2.67. The van der Waals surface area contributed by atoms with Crippen LogP contribution in [0, 0.1) is 5.82 Å². The van der Waals surface area contributed by atoms with Crippen LogP contribution in [0.2, 0.25) is 0 Å². The molecule has 0 saturated carbocycles. The smallest absolute Gasteiger partial charge is 0.414 e. The van der Waals surface area contributed by atoms with Gasteiger partial charge in [-0.2, -0.15) is 0 Å². The summed E-state index contributed by atoms with van der Waals surface area (Å²) in [5, 5.41) is 10.7. The third-order valence-corrected chi connectivity index (χ3v) is 5.91. The summed E-state index contributed by atoms with van der Waals surface area (Å²) in [5.74, 6) is -1.54. The molecule has 186 valence electrons. The Bertz CT molecular complexity index is 1070. The van der Waals surface area contributed by atoms with Crippen molar-refractivity contribution in [2.45, 2.75) is 19.4 Å². The molecule has 3 amide bonds. The van der Waals surface area contributed by atoms with E-state index in [1.165, 1.54) is 6.07 Å². The molecule has 2 aromatic carbocycles. The van der Waals surface area contributed by atoms with Crippen LogP contribution in [0.3, 0.4) is 0 Å². The molecule has 10 heteroatoms. The van der Waals surface area contributed by atoms with Crippen molar-refractivity contribution < 1.29 is 33.4 Å². The van der Waals surface area contributed by atoms with Crippen LogP contribution in [0.4, 0.5) is 20.6 Å². The second kappa shape index (κ2) is 10.8. The number of anilines is 2. The van der Waals surface area contributed by atoms with E-state index in [4.69, 9.17) is 9.47 Å². The maximum absolute atomic E-state index is 15.0. The Morgan fingerprint density at radius 2 is 1.80 bits per heavy atom. The maximum Gasteiger partial charge on any atom is 0.414 e. The topological polar surface area (TPSA) is 99.6 Å². The van der Waals surface area contributed by atoms with Gasteiger partial charge in [0.2, 0.25) is 0 Å². The van der Waals surface area contributed by atoms with Crippen LogP contribution >= 0.6 is 0 Å². The first kappa shape index (κ1) is 24.6. The number of aliphatic hydroxyl groups is 1. The van der Waals surface area contributed by atoms with Crippen molar-refractivity contribution in [3.63, 3.8) is 0 Å². The highest BCUT2D eigenvalue weighted by atomic mass is 19.1. The van der Waals surface area contributed by atoms with Crippen molar-refractivity contribution in [3.8, 4) is 0 Å². The van der Waals surface area contributed by atoms with E-state index in [1.54, 1.807) is 36.4 Å². The molecule has 1 fully saturated rings. The van der Waals surface area contributed by atoms with Gasteiger partial charge < -0.3 is 19.5 Å². The molecule has 2 aromatic rings. The number of β-amino-alcohol motifs (C(OH)–C–C–N with tert-alkyl or cyclic N) is 1. The molecule has 1 atom stereocenters. The lowest BCUT2D eigenvalue weighted by Crippen LogP contribution is -2.45. The predicted molar refractivity (Wildman–Crippen MR) is 126 cm³/mol. The van der Waals surface area contributed by atoms with Crippen molar-refractivity contribution >= 4 is 29.3 Å². The summed E-state index contributed by atoms with van der Waals surface area (Å²) in [6.45, 7) is 3.48. The number of aliphatic hydroxyl groups excluding tert-OH is 1. The largest absolute Gasteiger partial charge is 0.449 e. The quantitative estimate of drug-likeness (QED) is 0.574. The fourth-order valence-electron chi connectivity index (χ4n) is 4.16. The Balaban J connectivity index is 1.51. The van der Waals surface area contributed by atoms with Crippen molar-refractivity contribution in [2.75, 3.05) is 55.8 Å². The zero-order chi connectivity index (χ0) is 24.9. The standard InChI is InChI=1S/C25H28FN3O6/c1-2-11-35-25(33)28(17-7-8-22(21(26)14-17)27-9-12-34-13-10-27)15-18(30)16-29-23(31)19-5-3-4-6-20(19)24(29)32/h3-8,14,18,30H,2,9-13,15-16H2,1H3/t18-/m0/s1. The van der Waals surface area contributed by atoms with Gasteiger partial charge in [0, 0.05) is 13.1 Å². The van der Waals surface area contributed by atoms with Crippen LogP contribution in [0.15, 0.2) is 42.5 Å². The van der Waals surface area contributed by atoms with E-state index in [0.717, 1.165) is 9.80 Å². The summed E-state index contributed by atoms with van der Waals surface area (Å²) in [7, 11) is 0. The van der Waals surface area contributed by atoms with Crippen molar-refractivity contribution in [1.82, 2.24) is 4.90 Å². The number of carbonyl (C=O) groups excluding carboxylic acids is 3. The minimum atomic E-state index is -1.28. The minimum Gasteiger partial charge on any atom is -0.449 e. The molecule has 2 heterocycles. The lowest BCUT2D eigenvalue weighted by molar-refractivity contribution is 0.0550.